The van der Waals surface area contributed by atoms with Gasteiger partial charge < -0.3 is 5.32 Å². The average molecular weight is 293 g/mol. The van der Waals surface area contributed by atoms with Crippen LogP contribution in [0.2, 0.25) is 0 Å². The molecule has 1 heterocycles. The van der Waals surface area contributed by atoms with E-state index < -0.39 is 0 Å². The van der Waals surface area contributed by atoms with Gasteiger partial charge in [-0.05, 0) is 31.0 Å². The molecule has 1 N–H and O–H groups in total. The molecular formula is C14H19N3S2. The van der Waals surface area contributed by atoms with Crippen molar-refractivity contribution in [1.82, 2.24) is 15.5 Å². The highest BCUT2D eigenvalue weighted by Gasteiger charge is 2.07. The molecular weight excluding hydrogens is 274 g/mol. The van der Waals surface area contributed by atoms with Crippen LogP contribution < -0.4 is 5.32 Å². The summed E-state index contributed by atoms with van der Waals surface area (Å²) in [6, 6.07) is 6.57. The standard InChI is InChI=1S/C14H19N3S2/c1-10(2)7-15-8-12-6-11(3)4-5-13(12)19-14-17-16-9-18-14/h4-6,9-10,15H,7-8H2,1-3H3. The summed E-state index contributed by atoms with van der Waals surface area (Å²) in [5.41, 5.74) is 4.40. The fraction of sp³-hybridized carbons (Fsp3) is 0.429. The van der Waals surface area contributed by atoms with Crippen molar-refractivity contribution < 1.29 is 0 Å². The molecule has 102 valence electrons. The Bertz CT molecular complexity index is 509. The topological polar surface area (TPSA) is 37.8 Å². The molecule has 0 aliphatic heterocycles. The van der Waals surface area contributed by atoms with E-state index in [1.54, 1.807) is 28.6 Å². The smallest absolute Gasteiger partial charge is 0.178 e. The Kier molecular flexibility index (Phi) is 5.36. The molecule has 0 saturated carbocycles. The molecule has 0 fully saturated rings. The summed E-state index contributed by atoms with van der Waals surface area (Å²) in [6.45, 7) is 8.52. The van der Waals surface area contributed by atoms with Gasteiger partial charge in [0.15, 0.2) is 4.34 Å². The number of rotatable bonds is 6. The summed E-state index contributed by atoms with van der Waals surface area (Å²) in [5, 5.41) is 11.5. The Hall–Kier alpha value is -0.910. The fourth-order valence-corrected chi connectivity index (χ4v) is 3.29. The van der Waals surface area contributed by atoms with Gasteiger partial charge in [-0.3, -0.25) is 0 Å². The SMILES string of the molecule is Cc1ccc(Sc2nncs2)c(CNCC(C)C)c1. The molecule has 2 aromatic rings. The predicted molar refractivity (Wildman–Crippen MR) is 81.8 cm³/mol. The highest BCUT2D eigenvalue weighted by molar-refractivity contribution is 8.01. The lowest BCUT2D eigenvalue weighted by molar-refractivity contribution is 0.550. The minimum absolute atomic E-state index is 0.670. The van der Waals surface area contributed by atoms with Gasteiger partial charge in [0.2, 0.25) is 0 Å². The molecule has 0 aliphatic rings. The summed E-state index contributed by atoms with van der Waals surface area (Å²) in [7, 11) is 0. The summed E-state index contributed by atoms with van der Waals surface area (Å²) >= 11 is 3.27. The minimum Gasteiger partial charge on any atom is -0.312 e. The first-order chi connectivity index (χ1) is 9.15. The van der Waals surface area contributed by atoms with Crippen LogP contribution in [0.1, 0.15) is 25.0 Å². The van der Waals surface area contributed by atoms with Crippen LogP contribution in [0.3, 0.4) is 0 Å². The third-order valence-corrected chi connectivity index (χ3v) is 4.52. The fourth-order valence-electron chi connectivity index (χ4n) is 1.74. The normalized spacial score (nSPS) is 11.2. The Morgan fingerprint density at radius 2 is 2.21 bits per heavy atom. The van der Waals surface area contributed by atoms with Gasteiger partial charge in [-0.15, -0.1) is 10.2 Å². The molecule has 2 rings (SSSR count). The maximum atomic E-state index is 4.09. The molecule has 0 spiro atoms. The third kappa shape index (κ3) is 4.60. The van der Waals surface area contributed by atoms with Gasteiger partial charge in [-0.2, -0.15) is 0 Å². The number of benzene rings is 1. The zero-order valence-corrected chi connectivity index (χ0v) is 13.1. The zero-order valence-electron chi connectivity index (χ0n) is 11.5. The van der Waals surface area contributed by atoms with Crippen LogP contribution in [0.25, 0.3) is 0 Å². The van der Waals surface area contributed by atoms with E-state index >= 15 is 0 Å². The Labute approximate surface area is 122 Å². The van der Waals surface area contributed by atoms with Gasteiger partial charge in [0, 0.05) is 11.4 Å². The van der Waals surface area contributed by atoms with Crippen molar-refractivity contribution in [3.63, 3.8) is 0 Å². The number of hydrogen-bond donors (Lipinski definition) is 1. The second kappa shape index (κ2) is 7.03. The summed E-state index contributed by atoms with van der Waals surface area (Å²) in [4.78, 5) is 1.26. The number of aromatic nitrogens is 2. The average Bonchev–Trinajstić information content (AvgIpc) is 2.85. The quantitative estimate of drug-likeness (QED) is 0.880. The van der Waals surface area contributed by atoms with Crippen molar-refractivity contribution in [3.8, 4) is 0 Å². The molecule has 3 nitrogen and oxygen atoms in total. The van der Waals surface area contributed by atoms with Crippen molar-refractivity contribution in [2.45, 2.75) is 36.6 Å². The molecule has 1 aromatic carbocycles. The van der Waals surface area contributed by atoms with Crippen molar-refractivity contribution >= 4 is 23.1 Å². The highest BCUT2D eigenvalue weighted by atomic mass is 32.2. The van der Waals surface area contributed by atoms with E-state index in [2.05, 4.69) is 54.5 Å². The van der Waals surface area contributed by atoms with E-state index in [0.717, 1.165) is 17.4 Å². The van der Waals surface area contributed by atoms with Gasteiger partial charge >= 0.3 is 0 Å². The van der Waals surface area contributed by atoms with Crippen molar-refractivity contribution in [1.29, 1.82) is 0 Å². The first kappa shape index (κ1) is 14.5. The largest absolute Gasteiger partial charge is 0.312 e. The van der Waals surface area contributed by atoms with Gasteiger partial charge in [-0.25, -0.2) is 0 Å². The van der Waals surface area contributed by atoms with Crippen LogP contribution in [0.15, 0.2) is 32.9 Å². The summed E-state index contributed by atoms with van der Waals surface area (Å²) in [6.07, 6.45) is 0. The molecule has 0 saturated heterocycles. The van der Waals surface area contributed by atoms with Crippen LogP contribution in [0.4, 0.5) is 0 Å². The zero-order chi connectivity index (χ0) is 13.7. The molecule has 0 amide bonds. The van der Waals surface area contributed by atoms with Crippen LogP contribution in [0.5, 0.6) is 0 Å². The number of nitrogens with one attached hydrogen (secondary N) is 1. The molecule has 1 aromatic heterocycles. The van der Waals surface area contributed by atoms with Crippen molar-refractivity contribution in [2.24, 2.45) is 5.92 Å². The Morgan fingerprint density at radius 1 is 1.37 bits per heavy atom. The molecule has 19 heavy (non-hydrogen) atoms. The first-order valence-corrected chi connectivity index (χ1v) is 8.09. The number of nitrogens with zero attached hydrogens (tertiary/aromatic N) is 2. The van der Waals surface area contributed by atoms with Crippen molar-refractivity contribution in [2.75, 3.05) is 6.54 Å². The second-order valence-electron chi connectivity index (χ2n) is 4.94. The number of aryl methyl sites for hydroxylation is 1. The van der Waals surface area contributed by atoms with Crippen molar-refractivity contribution in [3.05, 3.63) is 34.8 Å². The lowest BCUT2D eigenvalue weighted by atomic mass is 10.1. The molecule has 5 heteroatoms. The minimum atomic E-state index is 0.670. The van der Waals surface area contributed by atoms with E-state index in [9.17, 15) is 0 Å². The number of hydrogen-bond acceptors (Lipinski definition) is 5. The van der Waals surface area contributed by atoms with Crippen LogP contribution in [-0.4, -0.2) is 16.7 Å². The highest BCUT2D eigenvalue weighted by Crippen LogP contribution is 2.31. The lowest BCUT2D eigenvalue weighted by Crippen LogP contribution is -2.19. The maximum absolute atomic E-state index is 4.09. The Balaban J connectivity index is 2.08. The van der Waals surface area contributed by atoms with Gasteiger partial charge in [0.25, 0.3) is 0 Å². The van der Waals surface area contributed by atoms with Gasteiger partial charge in [0.1, 0.15) is 5.51 Å². The van der Waals surface area contributed by atoms with Gasteiger partial charge in [0.05, 0.1) is 0 Å². The molecule has 0 aliphatic carbocycles. The molecule has 0 atom stereocenters. The molecule has 0 radical (unpaired) electrons. The van der Waals surface area contributed by atoms with E-state index in [4.69, 9.17) is 0 Å². The lowest BCUT2D eigenvalue weighted by Gasteiger charge is -2.11. The third-order valence-electron chi connectivity index (χ3n) is 2.62. The van der Waals surface area contributed by atoms with Crippen LogP contribution in [-0.2, 0) is 6.54 Å². The van der Waals surface area contributed by atoms with E-state index in [1.165, 1.54) is 16.0 Å². The van der Waals surface area contributed by atoms with Gasteiger partial charge in [-0.1, -0.05) is 54.6 Å². The van der Waals surface area contributed by atoms with E-state index in [0.29, 0.717) is 5.92 Å². The maximum Gasteiger partial charge on any atom is 0.178 e. The summed E-state index contributed by atoms with van der Waals surface area (Å²) < 4.78 is 0.994. The monoisotopic (exact) mass is 293 g/mol. The first-order valence-electron chi connectivity index (χ1n) is 6.39. The van der Waals surface area contributed by atoms with E-state index in [1.807, 2.05) is 0 Å². The molecule has 0 unspecified atom stereocenters. The predicted octanol–water partition coefficient (Wildman–Crippen LogP) is 3.74. The van der Waals surface area contributed by atoms with Crippen LogP contribution in [0, 0.1) is 12.8 Å². The summed E-state index contributed by atoms with van der Waals surface area (Å²) in [5.74, 6) is 0.670. The second-order valence-corrected chi connectivity index (χ2v) is 7.06. The Morgan fingerprint density at radius 3 is 2.89 bits per heavy atom. The van der Waals surface area contributed by atoms with E-state index in [-0.39, 0.29) is 0 Å². The molecule has 0 bridgehead atoms. The van der Waals surface area contributed by atoms with Crippen LogP contribution >= 0.6 is 23.1 Å².